The van der Waals surface area contributed by atoms with Crippen LogP contribution in [0.5, 0.6) is 0 Å². The van der Waals surface area contributed by atoms with Crippen molar-refractivity contribution in [2.24, 2.45) is 0 Å². The van der Waals surface area contributed by atoms with E-state index in [-0.39, 0.29) is 18.0 Å². The lowest BCUT2D eigenvalue weighted by Crippen LogP contribution is -2.05. The Balaban J connectivity index is 1.86. The summed E-state index contributed by atoms with van der Waals surface area (Å²) in [5.41, 5.74) is 0.730. The van der Waals surface area contributed by atoms with Crippen molar-refractivity contribution in [3.05, 3.63) is 66.0 Å². The van der Waals surface area contributed by atoms with E-state index in [9.17, 15) is 9.18 Å². The van der Waals surface area contributed by atoms with Crippen molar-refractivity contribution in [3.8, 4) is 0 Å². The van der Waals surface area contributed by atoms with E-state index in [0.29, 0.717) is 5.75 Å². The van der Waals surface area contributed by atoms with Gasteiger partial charge in [-0.1, -0.05) is 30.3 Å². The predicted octanol–water partition coefficient (Wildman–Crippen LogP) is 3.73. The smallest absolute Gasteiger partial charge is 0.147 e. The standard InChI is InChI=1S/C15H13FOS/c16-13-6-4-5-12(9-13)10-14(17)11-18-15-7-2-1-3-8-15/h1-9H,10-11H2. The van der Waals surface area contributed by atoms with Gasteiger partial charge in [-0.2, -0.15) is 0 Å². The third kappa shape index (κ3) is 4.00. The molecule has 0 aliphatic carbocycles. The van der Waals surface area contributed by atoms with Crippen LogP contribution >= 0.6 is 11.8 Å². The van der Waals surface area contributed by atoms with Crippen LogP contribution in [-0.2, 0) is 11.2 Å². The molecule has 0 saturated carbocycles. The lowest BCUT2D eigenvalue weighted by atomic mass is 10.1. The molecule has 0 heterocycles. The zero-order valence-electron chi connectivity index (χ0n) is 9.80. The van der Waals surface area contributed by atoms with Crippen LogP contribution in [0.15, 0.2) is 59.5 Å². The van der Waals surface area contributed by atoms with Crippen molar-refractivity contribution in [3.63, 3.8) is 0 Å². The first-order chi connectivity index (χ1) is 8.74. The van der Waals surface area contributed by atoms with Crippen LogP contribution in [0.1, 0.15) is 5.56 Å². The van der Waals surface area contributed by atoms with Crippen molar-refractivity contribution in [2.45, 2.75) is 11.3 Å². The van der Waals surface area contributed by atoms with Gasteiger partial charge >= 0.3 is 0 Å². The molecule has 0 fully saturated rings. The van der Waals surface area contributed by atoms with E-state index in [1.807, 2.05) is 30.3 Å². The molecule has 0 unspecified atom stereocenters. The van der Waals surface area contributed by atoms with Crippen LogP contribution in [0, 0.1) is 5.82 Å². The molecule has 0 amide bonds. The third-order valence-electron chi connectivity index (χ3n) is 2.43. The second kappa shape index (κ2) is 6.36. The number of rotatable bonds is 5. The summed E-state index contributed by atoms with van der Waals surface area (Å²) in [7, 11) is 0. The lowest BCUT2D eigenvalue weighted by molar-refractivity contribution is -0.116. The lowest BCUT2D eigenvalue weighted by Gasteiger charge is -2.02. The largest absolute Gasteiger partial charge is 0.298 e. The third-order valence-corrected chi connectivity index (χ3v) is 3.51. The zero-order valence-corrected chi connectivity index (χ0v) is 10.6. The summed E-state index contributed by atoms with van der Waals surface area (Å²) in [5, 5.41) is 0. The Hall–Kier alpha value is -1.61. The van der Waals surface area contributed by atoms with Crippen molar-refractivity contribution < 1.29 is 9.18 Å². The maximum atomic E-state index is 13.0. The van der Waals surface area contributed by atoms with Crippen molar-refractivity contribution in [2.75, 3.05) is 5.75 Å². The number of carbonyl (C=O) groups is 1. The number of halogens is 1. The summed E-state index contributed by atoms with van der Waals surface area (Å²) in [4.78, 5) is 12.8. The first-order valence-corrected chi connectivity index (χ1v) is 6.66. The molecule has 0 aliphatic rings. The molecule has 92 valence electrons. The van der Waals surface area contributed by atoms with Gasteiger partial charge in [0.2, 0.25) is 0 Å². The minimum absolute atomic E-state index is 0.106. The van der Waals surface area contributed by atoms with E-state index in [1.165, 1.54) is 23.9 Å². The average molecular weight is 260 g/mol. The molecular formula is C15H13FOS. The first-order valence-electron chi connectivity index (χ1n) is 5.68. The fourth-order valence-electron chi connectivity index (χ4n) is 1.61. The first kappa shape index (κ1) is 12.8. The SMILES string of the molecule is O=C(CSc1ccccc1)Cc1cccc(F)c1. The van der Waals surface area contributed by atoms with Gasteiger partial charge in [-0.15, -0.1) is 11.8 Å². The highest BCUT2D eigenvalue weighted by atomic mass is 32.2. The van der Waals surface area contributed by atoms with Gasteiger partial charge in [0.1, 0.15) is 11.6 Å². The van der Waals surface area contributed by atoms with E-state index in [0.717, 1.165) is 10.5 Å². The predicted molar refractivity (Wildman–Crippen MR) is 72.3 cm³/mol. The van der Waals surface area contributed by atoms with Gasteiger partial charge in [0.25, 0.3) is 0 Å². The molecule has 0 N–H and O–H groups in total. The van der Waals surface area contributed by atoms with Gasteiger partial charge in [0.15, 0.2) is 0 Å². The van der Waals surface area contributed by atoms with Crippen LogP contribution in [0.3, 0.4) is 0 Å². The summed E-state index contributed by atoms with van der Waals surface area (Å²) in [6, 6.07) is 16.0. The number of carbonyl (C=O) groups excluding carboxylic acids is 1. The van der Waals surface area contributed by atoms with E-state index in [1.54, 1.807) is 12.1 Å². The highest BCUT2D eigenvalue weighted by Crippen LogP contribution is 2.17. The maximum Gasteiger partial charge on any atom is 0.147 e. The Morgan fingerprint density at radius 3 is 2.56 bits per heavy atom. The normalized spacial score (nSPS) is 10.3. The van der Waals surface area contributed by atoms with Gasteiger partial charge in [-0.25, -0.2) is 4.39 Å². The molecule has 3 heteroatoms. The quantitative estimate of drug-likeness (QED) is 0.762. The number of ketones is 1. The summed E-state index contributed by atoms with van der Waals surface area (Å²) in [5.74, 6) is 0.228. The molecule has 18 heavy (non-hydrogen) atoms. The zero-order chi connectivity index (χ0) is 12.8. The van der Waals surface area contributed by atoms with Gasteiger partial charge in [0, 0.05) is 11.3 Å². The van der Waals surface area contributed by atoms with E-state index in [4.69, 9.17) is 0 Å². The van der Waals surface area contributed by atoms with Crippen LogP contribution in [0.2, 0.25) is 0 Å². The summed E-state index contributed by atoms with van der Waals surface area (Å²) in [6.07, 6.45) is 0.289. The fraction of sp³-hybridized carbons (Fsp3) is 0.133. The van der Waals surface area contributed by atoms with Crippen molar-refractivity contribution in [1.82, 2.24) is 0 Å². The number of hydrogen-bond acceptors (Lipinski definition) is 2. The molecule has 0 radical (unpaired) electrons. The Morgan fingerprint density at radius 1 is 1.06 bits per heavy atom. The van der Waals surface area contributed by atoms with Crippen LogP contribution < -0.4 is 0 Å². The maximum absolute atomic E-state index is 13.0. The number of Topliss-reactive ketones (excluding diaryl/α,β-unsaturated/α-hetero) is 1. The Kier molecular flexibility index (Phi) is 4.53. The van der Waals surface area contributed by atoms with Crippen LogP contribution in [-0.4, -0.2) is 11.5 Å². The topological polar surface area (TPSA) is 17.1 Å². The fourth-order valence-corrected chi connectivity index (χ4v) is 2.39. The summed E-state index contributed by atoms with van der Waals surface area (Å²) >= 11 is 1.51. The van der Waals surface area contributed by atoms with Gasteiger partial charge in [0.05, 0.1) is 5.75 Å². The van der Waals surface area contributed by atoms with Gasteiger partial charge in [-0.05, 0) is 29.8 Å². The van der Waals surface area contributed by atoms with Gasteiger partial charge < -0.3 is 0 Å². The Bertz CT molecular complexity index is 525. The minimum Gasteiger partial charge on any atom is -0.298 e. The molecule has 1 nitrogen and oxygen atoms in total. The number of thioether (sulfide) groups is 1. The monoisotopic (exact) mass is 260 g/mol. The molecule has 2 aromatic rings. The summed E-state index contributed by atoms with van der Waals surface area (Å²) < 4.78 is 13.0. The second-order valence-corrected chi connectivity index (χ2v) is 5.00. The average Bonchev–Trinajstić information content (AvgIpc) is 2.38. The highest BCUT2D eigenvalue weighted by Gasteiger charge is 2.05. The molecule has 2 aromatic carbocycles. The minimum atomic E-state index is -0.295. The Morgan fingerprint density at radius 2 is 1.83 bits per heavy atom. The van der Waals surface area contributed by atoms with Crippen molar-refractivity contribution >= 4 is 17.5 Å². The van der Waals surface area contributed by atoms with E-state index >= 15 is 0 Å². The van der Waals surface area contributed by atoms with Crippen molar-refractivity contribution in [1.29, 1.82) is 0 Å². The van der Waals surface area contributed by atoms with Gasteiger partial charge in [-0.3, -0.25) is 4.79 Å². The number of benzene rings is 2. The molecule has 0 saturated heterocycles. The number of hydrogen-bond donors (Lipinski definition) is 0. The van der Waals surface area contributed by atoms with E-state index in [2.05, 4.69) is 0 Å². The Labute approximate surface area is 110 Å². The second-order valence-electron chi connectivity index (χ2n) is 3.95. The molecular weight excluding hydrogens is 247 g/mol. The molecule has 0 spiro atoms. The highest BCUT2D eigenvalue weighted by molar-refractivity contribution is 8.00. The molecule has 2 rings (SSSR count). The molecule has 0 bridgehead atoms. The molecule has 0 atom stereocenters. The summed E-state index contributed by atoms with van der Waals surface area (Å²) in [6.45, 7) is 0. The van der Waals surface area contributed by atoms with E-state index < -0.39 is 0 Å². The van der Waals surface area contributed by atoms with Crippen LogP contribution in [0.25, 0.3) is 0 Å². The molecule has 0 aromatic heterocycles. The van der Waals surface area contributed by atoms with Crippen LogP contribution in [0.4, 0.5) is 4.39 Å². The molecule has 0 aliphatic heterocycles.